The number of hydrogen-bond donors (Lipinski definition) is 1. The number of anilines is 1. The van der Waals surface area contributed by atoms with Gasteiger partial charge in [0.25, 0.3) is 0 Å². The summed E-state index contributed by atoms with van der Waals surface area (Å²) in [4.78, 5) is 15.4. The zero-order valence-corrected chi connectivity index (χ0v) is 12.6. The van der Waals surface area contributed by atoms with Crippen LogP contribution in [0.5, 0.6) is 5.75 Å². The van der Waals surface area contributed by atoms with E-state index in [0.717, 1.165) is 25.3 Å². The van der Waals surface area contributed by atoms with E-state index in [0.29, 0.717) is 18.8 Å². The van der Waals surface area contributed by atoms with Crippen molar-refractivity contribution in [1.29, 1.82) is 0 Å². The Morgan fingerprint density at radius 3 is 2.60 bits per heavy atom. The second kappa shape index (κ2) is 8.43. The van der Waals surface area contributed by atoms with E-state index in [-0.39, 0.29) is 5.91 Å². The van der Waals surface area contributed by atoms with Gasteiger partial charge in [-0.2, -0.15) is 0 Å². The number of hydrogen-bond acceptors (Lipinski definition) is 4. The van der Waals surface area contributed by atoms with Crippen molar-refractivity contribution in [1.82, 2.24) is 9.80 Å². The number of amides is 1. The Hall–Kier alpha value is -1.75. The summed E-state index contributed by atoms with van der Waals surface area (Å²) in [6, 6.07) is 7.47. The van der Waals surface area contributed by atoms with Crippen molar-refractivity contribution >= 4 is 11.6 Å². The summed E-state index contributed by atoms with van der Waals surface area (Å²) >= 11 is 0. The molecule has 20 heavy (non-hydrogen) atoms. The largest absolute Gasteiger partial charge is 0.491 e. The van der Waals surface area contributed by atoms with Crippen molar-refractivity contribution in [3.63, 3.8) is 0 Å². The van der Waals surface area contributed by atoms with Crippen LogP contribution in [0, 0.1) is 0 Å². The maximum Gasteiger partial charge on any atom is 0.236 e. The minimum absolute atomic E-state index is 0.125. The van der Waals surface area contributed by atoms with Crippen LogP contribution in [0.25, 0.3) is 0 Å². The molecule has 1 rings (SSSR count). The van der Waals surface area contributed by atoms with Gasteiger partial charge in [-0.3, -0.25) is 9.69 Å². The topological polar surface area (TPSA) is 58.8 Å². The molecule has 1 aromatic carbocycles. The number of nitrogens with two attached hydrogens (primary N) is 1. The van der Waals surface area contributed by atoms with Crippen LogP contribution in [0.15, 0.2) is 24.3 Å². The summed E-state index contributed by atoms with van der Waals surface area (Å²) in [6.45, 7) is 4.80. The maximum absolute atomic E-state index is 11.6. The van der Waals surface area contributed by atoms with Crippen LogP contribution < -0.4 is 10.5 Å². The van der Waals surface area contributed by atoms with Gasteiger partial charge in [-0.15, -0.1) is 0 Å². The molecule has 0 aliphatic heterocycles. The molecule has 5 heteroatoms. The lowest BCUT2D eigenvalue weighted by atomic mass is 10.3. The van der Waals surface area contributed by atoms with E-state index in [2.05, 4.69) is 11.8 Å². The van der Waals surface area contributed by atoms with Crippen LogP contribution in [-0.4, -0.2) is 56.0 Å². The van der Waals surface area contributed by atoms with Gasteiger partial charge < -0.3 is 15.4 Å². The second-order valence-corrected chi connectivity index (χ2v) is 4.90. The number of nitrogens with zero attached hydrogens (tertiary/aromatic N) is 2. The van der Waals surface area contributed by atoms with Crippen LogP contribution in [0.3, 0.4) is 0 Å². The average Bonchev–Trinajstić information content (AvgIpc) is 2.43. The van der Waals surface area contributed by atoms with Crippen LogP contribution in [0.1, 0.15) is 13.3 Å². The lowest BCUT2D eigenvalue weighted by Gasteiger charge is -2.21. The Bertz CT molecular complexity index is 421. The third-order valence-electron chi connectivity index (χ3n) is 3.10. The summed E-state index contributed by atoms with van der Waals surface area (Å²) in [5.74, 6) is 0.847. The highest BCUT2D eigenvalue weighted by Crippen LogP contribution is 2.19. The number of likely N-dealkylation sites (N-methyl/N-ethyl adjacent to an activating group) is 2. The summed E-state index contributed by atoms with van der Waals surface area (Å²) < 4.78 is 5.64. The first-order chi connectivity index (χ1) is 9.54. The van der Waals surface area contributed by atoms with Gasteiger partial charge >= 0.3 is 0 Å². The van der Waals surface area contributed by atoms with Gasteiger partial charge in [-0.05, 0) is 25.1 Å². The zero-order valence-electron chi connectivity index (χ0n) is 12.6. The molecule has 0 radical (unpaired) electrons. The number of ether oxygens (including phenoxy) is 1. The van der Waals surface area contributed by atoms with Gasteiger partial charge in [-0.25, -0.2) is 0 Å². The van der Waals surface area contributed by atoms with E-state index < -0.39 is 0 Å². The SMILES string of the molecule is CCN(CCCOc1ccccc1N)CC(=O)N(C)C. The predicted octanol–water partition coefficient (Wildman–Crippen LogP) is 1.45. The minimum atomic E-state index is 0.125. The smallest absolute Gasteiger partial charge is 0.236 e. The summed E-state index contributed by atoms with van der Waals surface area (Å²) in [7, 11) is 3.55. The summed E-state index contributed by atoms with van der Waals surface area (Å²) in [5.41, 5.74) is 6.46. The molecule has 0 aliphatic rings. The molecule has 0 fully saturated rings. The quantitative estimate of drug-likeness (QED) is 0.578. The van der Waals surface area contributed by atoms with Gasteiger partial charge in [0, 0.05) is 20.6 Å². The lowest BCUT2D eigenvalue weighted by molar-refractivity contribution is -0.129. The molecule has 0 heterocycles. The van der Waals surface area contributed by atoms with E-state index in [9.17, 15) is 4.79 Å². The van der Waals surface area contributed by atoms with Crippen molar-refractivity contribution < 1.29 is 9.53 Å². The fourth-order valence-electron chi connectivity index (χ4n) is 1.76. The normalized spacial score (nSPS) is 10.6. The Kier molecular flexibility index (Phi) is 6.87. The number of carbonyl (C=O) groups excluding carboxylic acids is 1. The third kappa shape index (κ3) is 5.48. The number of para-hydroxylation sites is 2. The first kappa shape index (κ1) is 16.3. The highest BCUT2D eigenvalue weighted by molar-refractivity contribution is 5.77. The molecule has 2 N–H and O–H groups in total. The first-order valence-electron chi connectivity index (χ1n) is 6.94. The molecule has 0 aromatic heterocycles. The van der Waals surface area contributed by atoms with Crippen molar-refractivity contribution in [2.24, 2.45) is 0 Å². The minimum Gasteiger partial charge on any atom is -0.491 e. The van der Waals surface area contributed by atoms with Crippen molar-refractivity contribution in [2.45, 2.75) is 13.3 Å². The molecule has 0 unspecified atom stereocenters. The molecule has 1 aromatic rings. The van der Waals surface area contributed by atoms with Crippen LogP contribution in [-0.2, 0) is 4.79 Å². The van der Waals surface area contributed by atoms with E-state index in [1.54, 1.807) is 19.0 Å². The van der Waals surface area contributed by atoms with Gasteiger partial charge in [0.2, 0.25) is 5.91 Å². The van der Waals surface area contributed by atoms with E-state index in [1.807, 2.05) is 24.3 Å². The monoisotopic (exact) mass is 279 g/mol. The highest BCUT2D eigenvalue weighted by atomic mass is 16.5. The molecule has 0 bridgehead atoms. The van der Waals surface area contributed by atoms with Gasteiger partial charge in [0.1, 0.15) is 5.75 Å². The standard InChI is InChI=1S/C15H25N3O2/c1-4-18(12-15(19)17(2)3)10-7-11-20-14-9-6-5-8-13(14)16/h5-6,8-9H,4,7,10-12,16H2,1-3H3. The lowest BCUT2D eigenvalue weighted by Crippen LogP contribution is -2.37. The Labute approximate surface area is 121 Å². The Morgan fingerprint density at radius 2 is 2.00 bits per heavy atom. The second-order valence-electron chi connectivity index (χ2n) is 4.90. The molecule has 0 saturated carbocycles. The number of rotatable bonds is 8. The molecule has 0 aliphatic carbocycles. The number of benzene rings is 1. The van der Waals surface area contributed by atoms with Crippen molar-refractivity contribution in [2.75, 3.05) is 46.1 Å². The highest BCUT2D eigenvalue weighted by Gasteiger charge is 2.10. The van der Waals surface area contributed by atoms with E-state index in [4.69, 9.17) is 10.5 Å². The predicted molar refractivity (Wildman–Crippen MR) is 81.8 cm³/mol. The fraction of sp³-hybridized carbons (Fsp3) is 0.533. The van der Waals surface area contributed by atoms with Gasteiger partial charge in [0.05, 0.1) is 18.8 Å². The third-order valence-corrected chi connectivity index (χ3v) is 3.10. The van der Waals surface area contributed by atoms with Crippen molar-refractivity contribution in [3.8, 4) is 5.75 Å². The summed E-state index contributed by atoms with van der Waals surface area (Å²) in [6.07, 6.45) is 0.864. The Morgan fingerprint density at radius 1 is 1.30 bits per heavy atom. The fourth-order valence-corrected chi connectivity index (χ4v) is 1.76. The molecule has 1 amide bonds. The Balaban J connectivity index is 2.28. The molecule has 0 spiro atoms. The maximum atomic E-state index is 11.6. The van der Waals surface area contributed by atoms with Crippen LogP contribution in [0.2, 0.25) is 0 Å². The average molecular weight is 279 g/mol. The van der Waals surface area contributed by atoms with Crippen LogP contribution >= 0.6 is 0 Å². The first-order valence-corrected chi connectivity index (χ1v) is 6.94. The molecular weight excluding hydrogens is 254 g/mol. The van der Waals surface area contributed by atoms with E-state index in [1.165, 1.54) is 0 Å². The molecule has 0 atom stereocenters. The van der Waals surface area contributed by atoms with Gasteiger partial charge in [0.15, 0.2) is 0 Å². The molecule has 0 saturated heterocycles. The number of nitrogen functional groups attached to an aromatic ring is 1. The zero-order chi connectivity index (χ0) is 15.0. The van der Waals surface area contributed by atoms with Crippen molar-refractivity contribution in [3.05, 3.63) is 24.3 Å². The molecular formula is C15H25N3O2. The van der Waals surface area contributed by atoms with E-state index >= 15 is 0 Å². The molecule has 112 valence electrons. The van der Waals surface area contributed by atoms with Gasteiger partial charge in [-0.1, -0.05) is 19.1 Å². The number of carbonyl (C=O) groups is 1. The van der Waals surface area contributed by atoms with Crippen LogP contribution in [0.4, 0.5) is 5.69 Å². The summed E-state index contributed by atoms with van der Waals surface area (Å²) in [5, 5.41) is 0. The molecule has 5 nitrogen and oxygen atoms in total.